The molecule has 1 aliphatic rings. The van der Waals surface area contributed by atoms with Gasteiger partial charge in [-0.25, -0.2) is 0 Å². The van der Waals surface area contributed by atoms with Crippen molar-refractivity contribution in [3.63, 3.8) is 0 Å². The molecule has 0 bridgehead atoms. The molecule has 0 saturated heterocycles. The van der Waals surface area contributed by atoms with Gasteiger partial charge in [-0.05, 0) is 47.3 Å². The molecule has 1 unspecified atom stereocenters. The van der Waals surface area contributed by atoms with Crippen LogP contribution in [-0.2, 0) is 11.2 Å². The molecule has 3 rings (SSSR count). The number of halogens is 1. The lowest BCUT2D eigenvalue weighted by atomic mass is 10.0. The smallest absolute Gasteiger partial charge is 0.251 e. The van der Waals surface area contributed by atoms with Crippen molar-refractivity contribution in [2.75, 3.05) is 11.4 Å². The lowest BCUT2D eigenvalue weighted by Gasteiger charge is -2.31. The predicted octanol–water partition coefficient (Wildman–Crippen LogP) is 3.19. The number of fused-ring (bicyclic) bond motifs is 1. The van der Waals surface area contributed by atoms with Crippen LogP contribution < -0.4 is 4.90 Å². The summed E-state index contributed by atoms with van der Waals surface area (Å²) >= 11 is 3.36. The fourth-order valence-corrected chi connectivity index (χ4v) is 2.93. The molecule has 0 saturated carbocycles. The third-order valence-corrected chi connectivity index (χ3v) is 4.11. The zero-order valence-corrected chi connectivity index (χ0v) is 12.9. The van der Waals surface area contributed by atoms with Crippen LogP contribution in [0.1, 0.15) is 24.9 Å². The largest absolute Gasteiger partial charge is 0.310 e. The number of hydrogen-bond acceptors (Lipinski definition) is 2. The minimum Gasteiger partial charge on any atom is -0.310 e. The van der Waals surface area contributed by atoms with Gasteiger partial charge in [-0.2, -0.15) is 5.10 Å². The van der Waals surface area contributed by atoms with Crippen molar-refractivity contribution in [3.8, 4) is 0 Å². The highest BCUT2D eigenvalue weighted by Gasteiger charge is 2.27. The minimum absolute atomic E-state index is 0.0905. The second kappa shape index (κ2) is 5.40. The van der Waals surface area contributed by atoms with Gasteiger partial charge in [0.05, 0.1) is 10.7 Å². The zero-order chi connectivity index (χ0) is 14.1. The molecule has 1 amide bonds. The van der Waals surface area contributed by atoms with E-state index in [1.54, 1.807) is 10.9 Å². The summed E-state index contributed by atoms with van der Waals surface area (Å²) in [6.07, 6.45) is 5.59. The zero-order valence-electron chi connectivity index (χ0n) is 11.3. The number of para-hydroxylation sites is 1. The molecule has 5 heteroatoms. The Balaban J connectivity index is 1.88. The molecule has 104 valence electrons. The average Bonchev–Trinajstić information content (AvgIpc) is 2.91. The molecule has 4 nitrogen and oxygen atoms in total. The predicted molar refractivity (Wildman–Crippen MR) is 81.8 cm³/mol. The molecule has 0 spiro atoms. The Morgan fingerprint density at radius 3 is 2.95 bits per heavy atom. The van der Waals surface area contributed by atoms with E-state index in [-0.39, 0.29) is 11.9 Å². The summed E-state index contributed by atoms with van der Waals surface area (Å²) in [4.78, 5) is 14.6. The lowest BCUT2D eigenvalue weighted by molar-refractivity contribution is -0.121. The second-order valence-electron chi connectivity index (χ2n) is 5.04. The minimum atomic E-state index is -0.299. The van der Waals surface area contributed by atoms with E-state index in [2.05, 4.69) is 27.1 Å². The quantitative estimate of drug-likeness (QED) is 0.846. The van der Waals surface area contributed by atoms with E-state index in [9.17, 15) is 4.79 Å². The van der Waals surface area contributed by atoms with Gasteiger partial charge >= 0.3 is 0 Å². The van der Waals surface area contributed by atoms with Crippen LogP contribution in [0, 0.1) is 0 Å². The summed E-state index contributed by atoms with van der Waals surface area (Å²) in [7, 11) is 0. The van der Waals surface area contributed by atoms with E-state index in [1.165, 1.54) is 5.56 Å². The Hall–Kier alpha value is -1.62. The number of carbonyl (C=O) groups excluding carboxylic acids is 1. The fourth-order valence-electron chi connectivity index (χ4n) is 2.63. The summed E-state index contributed by atoms with van der Waals surface area (Å²) in [5.74, 6) is 0.0905. The maximum absolute atomic E-state index is 12.7. The Labute approximate surface area is 126 Å². The average molecular weight is 334 g/mol. The first-order valence-electron chi connectivity index (χ1n) is 6.76. The normalized spacial score (nSPS) is 15.8. The van der Waals surface area contributed by atoms with E-state index in [0.29, 0.717) is 0 Å². The van der Waals surface area contributed by atoms with Crippen molar-refractivity contribution in [1.82, 2.24) is 9.78 Å². The fraction of sp³-hybridized carbons (Fsp3) is 0.333. The molecule has 1 atom stereocenters. The van der Waals surface area contributed by atoms with Crippen molar-refractivity contribution < 1.29 is 4.79 Å². The summed E-state index contributed by atoms with van der Waals surface area (Å²) in [6.45, 7) is 2.67. The first kappa shape index (κ1) is 13.4. The molecular weight excluding hydrogens is 318 g/mol. The lowest BCUT2D eigenvalue weighted by Crippen LogP contribution is -2.39. The number of carbonyl (C=O) groups is 1. The van der Waals surface area contributed by atoms with Crippen LogP contribution in [0.5, 0.6) is 0 Å². The van der Waals surface area contributed by atoms with E-state index in [4.69, 9.17) is 0 Å². The number of aryl methyl sites for hydroxylation is 1. The van der Waals surface area contributed by atoms with Crippen molar-refractivity contribution in [3.05, 3.63) is 46.7 Å². The summed E-state index contributed by atoms with van der Waals surface area (Å²) in [5, 5.41) is 4.21. The molecule has 20 heavy (non-hydrogen) atoms. The number of aromatic nitrogens is 2. The van der Waals surface area contributed by atoms with E-state index < -0.39 is 0 Å². The van der Waals surface area contributed by atoms with Crippen molar-refractivity contribution in [2.45, 2.75) is 25.8 Å². The third kappa shape index (κ3) is 2.38. The maximum atomic E-state index is 12.7. The highest BCUT2D eigenvalue weighted by Crippen LogP contribution is 2.28. The van der Waals surface area contributed by atoms with Gasteiger partial charge in [0.1, 0.15) is 6.04 Å². The topological polar surface area (TPSA) is 38.1 Å². The first-order chi connectivity index (χ1) is 9.66. The number of nitrogens with zero attached hydrogens (tertiary/aromatic N) is 3. The molecule has 1 aromatic carbocycles. The Bertz CT molecular complexity index is 638. The molecule has 2 aromatic rings. The van der Waals surface area contributed by atoms with Gasteiger partial charge in [-0.3, -0.25) is 9.48 Å². The van der Waals surface area contributed by atoms with Crippen LogP contribution in [0.25, 0.3) is 0 Å². The van der Waals surface area contributed by atoms with Crippen LogP contribution in [0.3, 0.4) is 0 Å². The second-order valence-corrected chi connectivity index (χ2v) is 5.95. The number of anilines is 1. The van der Waals surface area contributed by atoms with Crippen LogP contribution in [0.2, 0.25) is 0 Å². The van der Waals surface area contributed by atoms with Crippen LogP contribution in [0.15, 0.2) is 41.1 Å². The van der Waals surface area contributed by atoms with E-state index in [1.807, 2.05) is 36.2 Å². The van der Waals surface area contributed by atoms with Gasteiger partial charge in [0.2, 0.25) is 0 Å². The Morgan fingerprint density at radius 2 is 2.20 bits per heavy atom. The Kier molecular flexibility index (Phi) is 3.61. The van der Waals surface area contributed by atoms with Gasteiger partial charge in [0.25, 0.3) is 5.91 Å². The molecule has 2 heterocycles. The molecule has 0 N–H and O–H groups in total. The molecule has 0 aliphatic carbocycles. The number of benzene rings is 1. The third-order valence-electron chi connectivity index (χ3n) is 3.70. The molecular formula is C15H16BrN3O. The summed E-state index contributed by atoms with van der Waals surface area (Å²) in [5.41, 5.74) is 2.29. The molecule has 0 radical (unpaired) electrons. The number of amides is 1. The van der Waals surface area contributed by atoms with Crippen molar-refractivity contribution >= 4 is 27.5 Å². The highest BCUT2D eigenvalue weighted by molar-refractivity contribution is 9.10. The van der Waals surface area contributed by atoms with Crippen molar-refractivity contribution in [2.24, 2.45) is 0 Å². The van der Waals surface area contributed by atoms with Gasteiger partial charge in [-0.15, -0.1) is 0 Å². The summed E-state index contributed by atoms with van der Waals surface area (Å²) in [6, 6.07) is 7.84. The molecule has 1 aromatic heterocycles. The van der Waals surface area contributed by atoms with E-state index in [0.717, 1.165) is 29.5 Å². The van der Waals surface area contributed by atoms with E-state index >= 15 is 0 Å². The monoisotopic (exact) mass is 333 g/mol. The molecule has 0 fully saturated rings. The number of rotatable bonds is 2. The van der Waals surface area contributed by atoms with Crippen LogP contribution in [-0.4, -0.2) is 22.2 Å². The van der Waals surface area contributed by atoms with Gasteiger partial charge < -0.3 is 4.90 Å². The first-order valence-corrected chi connectivity index (χ1v) is 7.55. The van der Waals surface area contributed by atoms with Crippen molar-refractivity contribution in [1.29, 1.82) is 0 Å². The number of hydrogen-bond donors (Lipinski definition) is 0. The van der Waals surface area contributed by atoms with Gasteiger partial charge in [0.15, 0.2) is 0 Å². The Morgan fingerprint density at radius 1 is 1.40 bits per heavy atom. The SMILES string of the molecule is CC(C(=O)N1CCCc2ccccc21)n1cc(Br)cn1. The van der Waals surface area contributed by atoms with Gasteiger partial charge in [-0.1, -0.05) is 18.2 Å². The standard InChI is InChI=1S/C15H16BrN3O/c1-11(19-10-13(16)9-17-19)15(20)18-8-4-6-12-5-2-3-7-14(12)18/h2-3,5,7,9-11H,4,6,8H2,1H3. The van der Waals surface area contributed by atoms with Crippen LogP contribution >= 0.6 is 15.9 Å². The highest BCUT2D eigenvalue weighted by atomic mass is 79.9. The maximum Gasteiger partial charge on any atom is 0.251 e. The van der Waals surface area contributed by atoms with Crippen LogP contribution in [0.4, 0.5) is 5.69 Å². The van der Waals surface area contributed by atoms with Gasteiger partial charge in [0, 0.05) is 18.4 Å². The molecule has 1 aliphatic heterocycles. The summed E-state index contributed by atoms with van der Waals surface area (Å²) < 4.78 is 2.58.